The molecule has 7 heteroatoms. The van der Waals surface area contributed by atoms with Crippen LogP contribution in [0.25, 0.3) is 0 Å². The summed E-state index contributed by atoms with van der Waals surface area (Å²) in [6.07, 6.45) is 0. The Morgan fingerprint density at radius 2 is 1.84 bits per heavy atom. The van der Waals surface area contributed by atoms with Crippen molar-refractivity contribution in [1.82, 2.24) is 0 Å². The minimum atomic E-state index is -0.298. The predicted molar refractivity (Wildman–Crippen MR) is 97.6 cm³/mol. The first kappa shape index (κ1) is 18.4. The number of hydrogen-bond acceptors (Lipinski definition) is 5. The van der Waals surface area contributed by atoms with Crippen molar-refractivity contribution in [3.05, 3.63) is 46.5 Å². The van der Waals surface area contributed by atoms with Crippen molar-refractivity contribution >= 4 is 28.9 Å². The molecular formula is C18H18ClN3O3. The number of rotatable bonds is 6. The molecule has 0 aliphatic carbocycles. The first-order valence-corrected chi connectivity index (χ1v) is 7.82. The van der Waals surface area contributed by atoms with E-state index in [2.05, 4.69) is 10.6 Å². The highest BCUT2D eigenvalue weighted by atomic mass is 35.5. The van der Waals surface area contributed by atoms with E-state index in [-0.39, 0.29) is 12.5 Å². The molecule has 0 fully saturated rings. The molecular weight excluding hydrogens is 342 g/mol. The van der Waals surface area contributed by atoms with Crippen LogP contribution in [0.1, 0.15) is 11.1 Å². The van der Waals surface area contributed by atoms with Gasteiger partial charge in [-0.2, -0.15) is 5.26 Å². The summed E-state index contributed by atoms with van der Waals surface area (Å²) in [4.78, 5) is 12.2. The molecule has 0 saturated carbocycles. The Morgan fingerprint density at radius 3 is 2.48 bits per heavy atom. The monoisotopic (exact) mass is 359 g/mol. The quantitative estimate of drug-likeness (QED) is 0.823. The maximum absolute atomic E-state index is 12.2. The molecule has 2 rings (SSSR count). The molecule has 1 amide bonds. The molecule has 2 aromatic rings. The van der Waals surface area contributed by atoms with Gasteiger partial charge in [-0.3, -0.25) is 4.79 Å². The van der Waals surface area contributed by atoms with Gasteiger partial charge >= 0.3 is 0 Å². The molecule has 25 heavy (non-hydrogen) atoms. The van der Waals surface area contributed by atoms with Crippen LogP contribution >= 0.6 is 11.6 Å². The maximum atomic E-state index is 12.2. The Bertz CT molecular complexity index is 831. The number of benzene rings is 2. The number of aryl methyl sites for hydroxylation is 1. The van der Waals surface area contributed by atoms with Gasteiger partial charge in [-0.15, -0.1) is 0 Å². The molecule has 0 saturated heterocycles. The van der Waals surface area contributed by atoms with Gasteiger partial charge in [0.15, 0.2) is 11.5 Å². The summed E-state index contributed by atoms with van der Waals surface area (Å²) in [5.74, 6) is 0.887. The molecule has 0 bridgehead atoms. The van der Waals surface area contributed by atoms with E-state index >= 15 is 0 Å². The lowest BCUT2D eigenvalue weighted by Gasteiger charge is -2.14. The summed E-state index contributed by atoms with van der Waals surface area (Å²) < 4.78 is 10.5. The summed E-state index contributed by atoms with van der Waals surface area (Å²) in [5.41, 5.74) is 2.39. The Morgan fingerprint density at radius 1 is 1.16 bits per heavy atom. The minimum Gasteiger partial charge on any atom is -0.493 e. The van der Waals surface area contributed by atoms with Gasteiger partial charge in [-0.05, 0) is 36.8 Å². The highest BCUT2D eigenvalue weighted by Crippen LogP contribution is 2.32. The zero-order valence-electron chi connectivity index (χ0n) is 14.1. The lowest BCUT2D eigenvalue weighted by Crippen LogP contribution is -2.22. The predicted octanol–water partition coefficient (Wildman–Crippen LogP) is 3.59. The standard InChI is InChI=1S/C18H18ClN3O3/c1-11-6-16(24-2)17(25-3)8-14(11)21-10-18(23)22-15-7-13(19)5-4-12(15)9-20/h4-8,21H,10H2,1-3H3,(H,22,23). The topological polar surface area (TPSA) is 83.4 Å². The van der Waals surface area contributed by atoms with E-state index in [4.69, 9.17) is 26.3 Å². The summed E-state index contributed by atoms with van der Waals surface area (Å²) in [5, 5.41) is 15.3. The molecule has 2 N–H and O–H groups in total. The number of amides is 1. The second-order valence-corrected chi connectivity index (χ2v) is 5.66. The van der Waals surface area contributed by atoms with Gasteiger partial charge in [0.25, 0.3) is 0 Å². The van der Waals surface area contributed by atoms with Crippen LogP contribution in [0.15, 0.2) is 30.3 Å². The number of carbonyl (C=O) groups excluding carboxylic acids is 1. The molecule has 130 valence electrons. The number of ether oxygens (including phenoxy) is 2. The zero-order chi connectivity index (χ0) is 18.4. The second-order valence-electron chi connectivity index (χ2n) is 5.23. The Hall–Kier alpha value is -2.91. The van der Waals surface area contributed by atoms with Crippen molar-refractivity contribution < 1.29 is 14.3 Å². The van der Waals surface area contributed by atoms with Gasteiger partial charge in [0.2, 0.25) is 5.91 Å². The molecule has 0 radical (unpaired) electrons. The largest absolute Gasteiger partial charge is 0.493 e. The SMILES string of the molecule is COc1cc(C)c(NCC(=O)Nc2cc(Cl)ccc2C#N)cc1OC. The summed E-state index contributed by atoms with van der Waals surface area (Å²) in [7, 11) is 3.11. The highest BCUT2D eigenvalue weighted by molar-refractivity contribution is 6.31. The highest BCUT2D eigenvalue weighted by Gasteiger charge is 2.11. The summed E-state index contributed by atoms with van der Waals surface area (Å²) in [6, 6.07) is 10.3. The smallest absolute Gasteiger partial charge is 0.243 e. The van der Waals surface area contributed by atoms with Crippen LogP contribution in [-0.4, -0.2) is 26.7 Å². The number of carbonyl (C=O) groups is 1. The molecule has 0 heterocycles. The third kappa shape index (κ3) is 4.55. The second kappa shape index (κ2) is 8.27. The van der Waals surface area contributed by atoms with Crippen molar-refractivity contribution in [3.63, 3.8) is 0 Å². The van der Waals surface area contributed by atoms with Crippen LogP contribution in [0.5, 0.6) is 11.5 Å². The van der Waals surface area contributed by atoms with Crippen LogP contribution in [0.2, 0.25) is 5.02 Å². The fourth-order valence-corrected chi connectivity index (χ4v) is 2.43. The Balaban J connectivity index is 2.08. The molecule has 0 atom stereocenters. The molecule has 0 spiro atoms. The lowest BCUT2D eigenvalue weighted by molar-refractivity contribution is -0.114. The fourth-order valence-electron chi connectivity index (χ4n) is 2.26. The fraction of sp³-hybridized carbons (Fsp3) is 0.222. The number of methoxy groups -OCH3 is 2. The Kier molecular flexibility index (Phi) is 6.09. The molecule has 0 aliphatic heterocycles. The number of nitrogens with zero attached hydrogens (tertiary/aromatic N) is 1. The number of nitrogens with one attached hydrogen (secondary N) is 2. The van der Waals surface area contributed by atoms with E-state index in [9.17, 15) is 4.79 Å². The van der Waals surface area contributed by atoms with E-state index in [0.29, 0.717) is 27.8 Å². The van der Waals surface area contributed by atoms with Gasteiger partial charge in [0, 0.05) is 16.8 Å². The van der Waals surface area contributed by atoms with Crippen LogP contribution in [0.3, 0.4) is 0 Å². The van der Waals surface area contributed by atoms with E-state index in [0.717, 1.165) is 11.3 Å². The average Bonchev–Trinajstić information content (AvgIpc) is 2.60. The first-order chi connectivity index (χ1) is 12.0. The van der Waals surface area contributed by atoms with Crippen LogP contribution < -0.4 is 20.1 Å². The maximum Gasteiger partial charge on any atom is 0.243 e. The van der Waals surface area contributed by atoms with Gasteiger partial charge in [-0.25, -0.2) is 0 Å². The van der Waals surface area contributed by atoms with Gasteiger partial charge in [0.05, 0.1) is 32.0 Å². The zero-order valence-corrected chi connectivity index (χ0v) is 14.9. The molecule has 2 aromatic carbocycles. The third-order valence-electron chi connectivity index (χ3n) is 3.55. The van der Waals surface area contributed by atoms with Crippen LogP contribution in [-0.2, 0) is 4.79 Å². The van der Waals surface area contributed by atoms with Crippen molar-refractivity contribution in [1.29, 1.82) is 5.26 Å². The van der Waals surface area contributed by atoms with Gasteiger partial charge < -0.3 is 20.1 Å². The van der Waals surface area contributed by atoms with Crippen LogP contribution in [0.4, 0.5) is 11.4 Å². The third-order valence-corrected chi connectivity index (χ3v) is 3.78. The van der Waals surface area contributed by atoms with Crippen molar-refractivity contribution in [2.75, 3.05) is 31.4 Å². The lowest BCUT2D eigenvalue weighted by atomic mass is 10.1. The number of anilines is 2. The molecule has 6 nitrogen and oxygen atoms in total. The van der Waals surface area contributed by atoms with E-state index in [1.807, 2.05) is 19.1 Å². The van der Waals surface area contributed by atoms with E-state index < -0.39 is 0 Å². The summed E-state index contributed by atoms with van der Waals surface area (Å²) in [6.45, 7) is 1.92. The van der Waals surface area contributed by atoms with Crippen molar-refractivity contribution in [3.8, 4) is 17.6 Å². The normalized spacial score (nSPS) is 9.88. The molecule has 0 aliphatic rings. The molecule has 0 unspecified atom stereocenters. The Labute approximate surface area is 151 Å². The van der Waals surface area contributed by atoms with Crippen molar-refractivity contribution in [2.45, 2.75) is 6.92 Å². The number of halogens is 1. The summed E-state index contributed by atoms with van der Waals surface area (Å²) >= 11 is 5.91. The minimum absolute atomic E-state index is 0.0215. The molecule has 0 aromatic heterocycles. The number of hydrogen-bond donors (Lipinski definition) is 2. The van der Waals surface area contributed by atoms with Gasteiger partial charge in [-0.1, -0.05) is 11.6 Å². The average molecular weight is 360 g/mol. The van der Waals surface area contributed by atoms with E-state index in [1.165, 1.54) is 0 Å². The van der Waals surface area contributed by atoms with Gasteiger partial charge in [0.1, 0.15) is 6.07 Å². The number of nitriles is 1. The van der Waals surface area contributed by atoms with Crippen LogP contribution in [0, 0.1) is 18.3 Å². The first-order valence-electron chi connectivity index (χ1n) is 7.44. The van der Waals surface area contributed by atoms with E-state index in [1.54, 1.807) is 38.5 Å². The van der Waals surface area contributed by atoms with Crippen molar-refractivity contribution in [2.24, 2.45) is 0 Å².